The minimum Gasteiger partial charge on any atom is -0.550 e. The first-order valence-electron chi connectivity index (χ1n) is 8.94. The second-order valence-electron chi connectivity index (χ2n) is 6.99. The molecule has 0 aliphatic carbocycles. The lowest BCUT2D eigenvalue weighted by molar-refractivity contribution is -0.734. The number of nitrogens with one attached hydrogen (secondary N) is 1. The number of para-hydroxylation sites is 1. The number of hydrogen-bond acceptors (Lipinski definition) is 4. The topological polar surface area (TPSA) is 113 Å². The molecular weight excluding hydrogens is 344 g/mol. The van der Waals surface area contributed by atoms with Crippen molar-refractivity contribution in [3.05, 3.63) is 71.4 Å². The fourth-order valence-corrected chi connectivity index (χ4v) is 4.22. The van der Waals surface area contributed by atoms with Crippen LogP contribution >= 0.6 is 0 Å². The lowest BCUT2D eigenvalue weighted by Gasteiger charge is -2.39. The zero-order valence-electron chi connectivity index (χ0n) is 14.6. The zero-order chi connectivity index (χ0) is 19.0. The molecule has 0 spiro atoms. The van der Waals surface area contributed by atoms with Gasteiger partial charge in [-0.25, -0.2) is 0 Å². The van der Waals surface area contributed by atoms with Gasteiger partial charge in [-0.2, -0.15) is 0 Å². The maximum Gasteiger partial charge on any atom is 0.177 e. The molecule has 0 radical (unpaired) electrons. The third-order valence-electron chi connectivity index (χ3n) is 5.53. The van der Waals surface area contributed by atoms with Gasteiger partial charge in [0.15, 0.2) is 5.54 Å². The van der Waals surface area contributed by atoms with Crippen LogP contribution in [0.2, 0.25) is 0 Å². The Labute approximate surface area is 155 Å². The minimum atomic E-state index is -1.47. The van der Waals surface area contributed by atoms with Crippen LogP contribution in [0.4, 0.5) is 0 Å². The number of carbonyl (C=O) groups excluding carboxylic acids is 2. The van der Waals surface area contributed by atoms with Gasteiger partial charge in [0, 0.05) is 28.9 Å². The Morgan fingerprint density at radius 3 is 2.48 bits per heavy atom. The first-order chi connectivity index (χ1) is 13.0. The van der Waals surface area contributed by atoms with Gasteiger partial charge in [-0.05, 0) is 18.1 Å². The van der Waals surface area contributed by atoms with Gasteiger partial charge in [0.05, 0.1) is 18.2 Å². The molecule has 3 N–H and O–H groups in total. The predicted octanol–water partition coefficient (Wildman–Crippen LogP) is -0.648. The molecule has 27 heavy (non-hydrogen) atoms. The Morgan fingerprint density at radius 1 is 1.07 bits per heavy atom. The lowest BCUT2D eigenvalue weighted by atomic mass is 9.77. The Balaban J connectivity index is 1.94. The molecular formula is C21H19N2O4-. The molecule has 1 aromatic heterocycles. The predicted molar refractivity (Wildman–Crippen MR) is 94.3 cm³/mol. The number of H-pyrrole nitrogens is 1. The molecule has 0 amide bonds. The van der Waals surface area contributed by atoms with E-state index in [9.17, 15) is 19.8 Å². The SMILES string of the molecule is O=C([O-])CC[C@]1(C(=O)[O-])[NH2+]C[C@@H](c2ccccc2)c2c1[nH]c1ccccc21. The number of fused-ring (bicyclic) bond motifs is 3. The average molecular weight is 363 g/mol. The van der Waals surface area contributed by atoms with E-state index in [0.717, 1.165) is 22.0 Å². The first-order valence-corrected chi connectivity index (χ1v) is 8.94. The Kier molecular flexibility index (Phi) is 4.20. The zero-order valence-corrected chi connectivity index (χ0v) is 14.6. The average Bonchev–Trinajstić information content (AvgIpc) is 3.07. The second kappa shape index (κ2) is 6.55. The van der Waals surface area contributed by atoms with Crippen LogP contribution in [0.1, 0.15) is 35.6 Å². The fourth-order valence-electron chi connectivity index (χ4n) is 4.22. The van der Waals surface area contributed by atoms with Crippen LogP contribution in [0.5, 0.6) is 0 Å². The quantitative estimate of drug-likeness (QED) is 0.627. The lowest BCUT2D eigenvalue weighted by Crippen LogP contribution is -3.00. The van der Waals surface area contributed by atoms with E-state index in [1.807, 2.05) is 54.6 Å². The van der Waals surface area contributed by atoms with E-state index in [1.165, 1.54) is 0 Å². The number of carboxylic acid groups (broad SMARTS) is 2. The summed E-state index contributed by atoms with van der Waals surface area (Å²) in [6.45, 7) is 0.486. The van der Waals surface area contributed by atoms with Crippen LogP contribution in [0.25, 0.3) is 10.9 Å². The van der Waals surface area contributed by atoms with Crippen molar-refractivity contribution in [1.29, 1.82) is 0 Å². The van der Waals surface area contributed by atoms with E-state index in [1.54, 1.807) is 5.32 Å². The number of carboxylic acids is 2. The molecule has 0 unspecified atom stereocenters. The number of rotatable bonds is 5. The van der Waals surface area contributed by atoms with Gasteiger partial charge < -0.3 is 30.1 Å². The number of aromatic nitrogens is 1. The molecule has 0 saturated heterocycles. The molecule has 0 fully saturated rings. The van der Waals surface area contributed by atoms with Crippen molar-refractivity contribution in [2.45, 2.75) is 24.3 Å². The largest absolute Gasteiger partial charge is 0.550 e. The van der Waals surface area contributed by atoms with Crippen LogP contribution in [0.15, 0.2) is 54.6 Å². The van der Waals surface area contributed by atoms with Crippen LogP contribution < -0.4 is 15.5 Å². The van der Waals surface area contributed by atoms with Crippen molar-refractivity contribution in [2.24, 2.45) is 0 Å². The van der Waals surface area contributed by atoms with Crippen molar-refractivity contribution in [1.82, 2.24) is 4.98 Å². The monoisotopic (exact) mass is 363 g/mol. The van der Waals surface area contributed by atoms with E-state index in [0.29, 0.717) is 12.2 Å². The summed E-state index contributed by atoms with van der Waals surface area (Å²) in [5.41, 5.74) is 1.87. The number of benzene rings is 2. The highest BCUT2D eigenvalue weighted by Crippen LogP contribution is 2.40. The summed E-state index contributed by atoms with van der Waals surface area (Å²) in [6.07, 6.45) is -0.450. The van der Waals surface area contributed by atoms with Gasteiger partial charge in [0.1, 0.15) is 5.97 Å². The Hall–Kier alpha value is -3.12. The molecule has 0 saturated carbocycles. The molecule has 2 atom stereocenters. The molecule has 6 heteroatoms. The van der Waals surface area contributed by atoms with Crippen molar-refractivity contribution >= 4 is 22.8 Å². The molecule has 4 rings (SSSR count). The number of carbonyl (C=O) groups is 2. The van der Waals surface area contributed by atoms with Gasteiger partial charge in [0.2, 0.25) is 0 Å². The van der Waals surface area contributed by atoms with Crippen molar-refractivity contribution in [2.75, 3.05) is 6.54 Å². The minimum absolute atomic E-state index is 0.00669. The summed E-state index contributed by atoms with van der Waals surface area (Å²) in [6, 6.07) is 17.6. The highest BCUT2D eigenvalue weighted by molar-refractivity contribution is 5.90. The number of quaternary nitrogens is 1. The maximum absolute atomic E-state index is 12.2. The molecule has 1 aliphatic heterocycles. The number of hydrogen-bond donors (Lipinski definition) is 2. The first kappa shape index (κ1) is 17.3. The molecule has 0 bridgehead atoms. The summed E-state index contributed by atoms with van der Waals surface area (Å²) >= 11 is 0. The summed E-state index contributed by atoms with van der Waals surface area (Å²) in [4.78, 5) is 26.5. The Morgan fingerprint density at radius 2 is 1.78 bits per heavy atom. The summed E-state index contributed by atoms with van der Waals surface area (Å²) < 4.78 is 0. The van der Waals surface area contributed by atoms with E-state index in [4.69, 9.17) is 0 Å². The number of aromatic amines is 1. The molecule has 138 valence electrons. The summed E-state index contributed by atoms with van der Waals surface area (Å²) in [7, 11) is 0. The molecule has 2 heterocycles. The highest BCUT2D eigenvalue weighted by atomic mass is 16.4. The smallest absolute Gasteiger partial charge is 0.177 e. The molecule has 1 aliphatic rings. The highest BCUT2D eigenvalue weighted by Gasteiger charge is 2.47. The van der Waals surface area contributed by atoms with Crippen LogP contribution in [0.3, 0.4) is 0 Å². The molecule has 3 aromatic rings. The Bertz CT molecular complexity index is 1010. The summed E-state index contributed by atoms with van der Waals surface area (Å²) in [5, 5.41) is 25.9. The number of aliphatic carboxylic acids is 2. The maximum atomic E-state index is 12.2. The van der Waals surface area contributed by atoms with Crippen molar-refractivity contribution in [3.8, 4) is 0 Å². The number of nitrogens with two attached hydrogens (primary N) is 1. The van der Waals surface area contributed by atoms with Crippen LogP contribution in [-0.4, -0.2) is 23.5 Å². The second-order valence-corrected chi connectivity index (χ2v) is 6.99. The fraction of sp³-hybridized carbons (Fsp3) is 0.238. The van der Waals surface area contributed by atoms with E-state index >= 15 is 0 Å². The van der Waals surface area contributed by atoms with Crippen molar-refractivity contribution in [3.63, 3.8) is 0 Å². The van der Waals surface area contributed by atoms with Crippen molar-refractivity contribution < 1.29 is 25.1 Å². The van der Waals surface area contributed by atoms with Gasteiger partial charge in [0.25, 0.3) is 0 Å². The van der Waals surface area contributed by atoms with Crippen LogP contribution in [-0.2, 0) is 15.1 Å². The standard InChI is InChI=1S/C21H20N2O4/c24-17(25)10-11-21(20(26)27)19-18(14-8-4-5-9-16(14)23-19)15(12-22-21)13-6-2-1-3-7-13/h1-9,15,22-23H,10-12H2,(H,24,25)(H,26,27)/p-1/t15-,21-/m0/s1. The van der Waals surface area contributed by atoms with E-state index < -0.39 is 17.5 Å². The summed E-state index contributed by atoms with van der Waals surface area (Å²) in [5.74, 6) is -2.57. The van der Waals surface area contributed by atoms with Gasteiger partial charge >= 0.3 is 0 Å². The van der Waals surface area contributed by atoms with Gasteiger partial charge in [-0.1, -0.05) is 48.5 Å². The van der Waals surface area contributed by atoms with Crippen LogP contribution in [0, 0.1) is 0 Å². The third kappa shape index (κ3) is 2.78. The molecule has 2 aromatic carbocycles. The van der Waals surface area contributed by atoms with Gasteiger partial charge in [-0.15, -0.1) is 0 Å². The van der Waals surface area contributed by atoms with E-state index in [-0.39, 0.29) is 18.8 Å². The third-order valence-corrected chi connectivity index (χ3v) is 5.53. The van der Waals surface area contributed by atoms with E-state index in [2.05, 4.69) is 4.98 Å². The molecule has 6 nitrogen and oxygen atoms in total. The van der Waals surface area contributed by atoms with Gasteiger partial charge in [-0.3, -0.25) is 0 Å². The normalized spacial score (nSPS) is 21.7.